The van der Waals surface area contributed by atoms with E-state index in [2.05, 4.69) is 39.2 Å². The number of aromatic nitrogens is 3. The molecule has 2 fully saturated rings. The number of hydrogen-bond donors (Lipinski definition) is 3. The van der Waals surface area contributed by atoms with Crippen molar-refractivity contribution in [1.29, 1.82) is 0 Å². The highest BCUT2D eigenvalue weighted by Gasteiger charge is 2.49. The summed E-state index contributed by atoms with van der Waals surface area (Å²) in [7, 11) is 0. The van der Waals surface area contributed by atoms with E-state index in [0.717, 1.165) is 24.2 Å². The summed E-state index contributed by atoms with van der Waals surface area (Å²) in [6.07, 6.45) is 2.93. The van der Waals surface area contributed by atoms with Crippen LogP contribution >= 0.6 is 0 Å². The molecule has 10 nitrogen and oxygen atoms in total. The zero-order chi connectivity index (χ0) is 24.9. The summed E-state index contributed by atoms with van der Waals surface area (Å²) >= 11 is 0. The third-order valence-electron chi connectivity index (χ3n) is 8.11. The molecule has 5 heterocycles. The second-order valence-corrected chi connectivity index (χ2v) is 10.6. The molecule has 5 rings (SSSR count). The van der Waals surface area contributed by atoms with Gasteiger partial charge in [0.1, 0.15) is 5.69 Å². The molecule has 3 aliphatic heterocycles. The number of anilines is 1. The molecule has 10 heteroatoms. The molecule has 0 spiro atoms. The number of carbonyl (C=O) groups is 2. The maximum Gasteiger partial charge on any atom is 0.321 e. The Morgan fingerprint density at radius 3 is 2.80 bits per heavy atom. The fraction of sp³-hybridized carbons (Fsp3) is 0.600. The quantitative estimate of drug-likeness (QED) is 0.617. The van der Waals surface area contributed by atoms with Crippen molar-refractivity contribution < 1.29 is 14.7 Å². The van der Waals surface area contributed by atoms with E-state index in [4.69, 9.17) is 0 Å². The van der Waals surface area contributed by atoms with Crippen LogP contribution in [0.15, 0.2) is 24.4 Å². The molecule has 2 aromatic heterocycles. The van der Waals surface area contributed by atoms with E-state index in [9.17, 15) is 14.7 Å². The van der Waals surface area contributed by atoms with Gasteiger partial charge >= 0.3 is 6.03 Å². The average Bonchev–Trinajstić information content (AvgIpc) is 3.50. The molecule has 2 aromatic rings. The fourth-order valence-corrected chi connectivity index (χ4v) is 5.80. The van der Waals surface area contributed by atoms with Crippen molar-refractivity contribution in [2.75, 3.05) is 25.0 Å². The highest BCUT2D eigenvalue weighted by Crippen LogP contribution is 2.42. The Morgan fingerprint density at radius 1 is 1.29 bits per heavy atom. The molecule has 0 aliphatic carbocycles. The van der Waals surface area contributed by atoms with Gasteiger partial charge in [-0.05, 0) is 38.3 Å². The summed E-state index contributed by atoms with van der Waals surface area (Å²) in [4.78, 5) is 37.1. The van der Waals surface area contributed by atoms with E-state index >= 15 is 0 Å². The highest BCUT2D eigenvalue weighted by atomic mass is 16.3. The van der Waals surface area contributed by atoms with Crippen LogP contribution in [0.5, 0.6) is 0 Å². The van der Waals surface area contributed by atoms with Gasteiger partial charge < -0.3 is 20.2 Å². The lowest BCUT2D eigenvalue weighted by Gasteiger charge is -2.48. The van der Waals surface area contributed by atoms with Crippen LogP contribution in [0, 0.1) is 5.92 Å². The van der Waals surface area contributed by atoms with E-state index < -0.39 is 5.54 Å². The van der Waals surface area contributed by atoms with Crippen LogP contribution in [0.1, 0.15) is 62.3 Å². The van der Waals surface area contributed by atoms with Gasteiger partial charge in [-0.2, -0.15) is 5.10 Å². The minimum atomic E-state index is -0.611. The molecular weight excluding hydrogens is 446 g/mol. The lowest BCUT2D eigenvalue weighted by atomic mass is 9.93. The van der Waals surface area contributed by atoms with Gasteiger partial charge in [-0.15, -0.1) is 0 Å². The monoisotopic (exact) mass is 481 g/mol. The summed E-state index contributed by atoms with van der Waals surface area (Å²) < 4.78 is 0. The van der Waals surface area contributed by atoms with Crippen LogP contribution < -0.4 is 5.32 Å². The summed E-state index contributed by atoms with van der Waals surface area (Å²) in [5.74, 6) is 0.438. The Kier molecular flexibility index (Phi) is 6.04. The zero-order valence-corrected chi connectivity index (χ0v) is 20.9. The Bertz CT molecular complexity index is 1100. The van der Waals surface area contributed by atoms with Gasteiger partial charge in [0.25, 0.3) is 5.91 Å². The summed E-state index contributed by atoms with van der Waals surface area (Å²) in [6.45, 7) is 10.8. The van der Waals surface area contributed by atoms with Crippen molar-refractivity contribution in [2.45, 2.75) is 70.8 Å². The number of piperazine rings is 1. The predicted octanol–water partition coefficient (Wildman–Crippen LogP) is 2.39. The number of aliphatic hydroxyl groups excluding tert-OH is 1. The Labute approximate surface area is 205 Å². The SMILES string of the molecule is CC[C@H](C)C1CN2C[C@H](O)C[C@H]2CN1C(=O)N1Cc2c(NC(=O)c3ccccn3)n[nH]c2C1(C)C. The number of amides is 3. The van der Waals surface area contributed by atoms with Crippen LogP contribution in [0.3, 0.4) is 0 Å². The van der Waals surface area contributed by atoms with Crippen molar-refractivity contribution in [1.82, 2.24) is 29.9 Å². The van der Waals surface area contributed by atoms with Crippen molar-refractivity contribution in [3.8, 4) is 0 Å². The van der Waals surface area contributed by atoms with Crippen molar-refractivity contribution in [3.05, 3.63) is 41.3 Å². The van der Waals surface area contributed by atoms with E-state index in [1.165, 1.54) is 0 Å². The molecule has 188 valence electrons. The second kappa shape index (κ2) is 8.91. The minimum Gasteiger partial charge on any atom is -0.392 e. The maximum absolute atomic E-state index is 14.1. The van der Waals surface area contributed by atoms with E-state index in [1.807, 2.05) is 23.6 Å². The number of H-pyrrole nitrogens is 1. The third-order valence-corrected chi connectivity index (χ3v) is 8.11. The molecule has 0 aromatic carbocycles. The van der Waals surface area contributed by atoms with Gasteiger partial charge in [-0.25, -0.2) is 4.79 Å². The zero-order valence-electron chi connectivity index (χ0n) is 20.9. The van der Waals surface area contributed by atoms with Crippen molar-refractivity contribution in [2.24, 2.45) is 5.92 Å². The summed E-state index contributed by atoms with van der Waals surface area (Å²) in [5, 5.41) is 20.5. The van der Waals surface area contributed by atoms with Crippen molar-refractivity contribution in [3.63, 3.8) is 0 Å². The molecule has 0 radical (unpaired) electrons. The van der Waals surface area contributed by atoms with Crippen LogP contribution in [0.4, 0.5) is 10.6 Å². The number of pyridine rings is 1. The van der Waals surface area contributed by atoms with Crippen LogP contribution in [0.2, 0.25) is 0 Å². The van der Waals surface area contributed by atoms with Crippen LogP contribution in [-0.4, -0.2) is 84.7 Å². The Morgan fingerprint density at radius 2 is 2.09 bits per heavy atom. The lowest BCUT2D eigenvalue weighted by Crippen LogP contribution is -2.63. The largest absolute Gasteiger partial charge is 0.392 e. The first-order valence-electron chi connectivity index (χ1n) is 12.5. The third kappa shape index (κ3) is 4.08. The first-order chi connectivity index (χ1) is 16.7. The molecule has 2 saturated heterocycles. The number of aromatic amines is 1. The Hall–Kier alpha value is -2.98. The molecule has 35 heavy (non-hydrogen) atoms. The summed E-state index contributed by atoms with van der Waals surface area (Å²) in [5.41, 5.74) is 1.35. The number of nitrogens with one attached hydrogen (secondary N) is 2. The highest BCUT2D eigenvalue weighted by molar-refractivity contribution is 6.02. The normalized spacial score (nSPS) is 26.4. The topological polar surface area (TPSA) is 118 Å². The molecule has 3 amide bonds. The molecule has 3 aliphatic rings. The second-order valence-electron chi connectivity index (χ2n) is 10.6. The van der Waals surface area contributed by atoms with Gasteiger partial charge in [0.15, 0.2) is 5.82 Å². The number of rotatable bonds is 4. The number of hydrogen-bond acceptors (Lipinski definition) is 6. The molecule has 3 N–H and O–H groups in total. The summed E-state index contributed by atoms with van der Waals surface area (Å²) in [6, 6.07) is 5.44. The molecule has 4 atom stereocenters. The number of fused-ring (bicyclic) bond motifs is 2. The van der Waals surface area contributed by atoms with Gasteiger partial charge in [-0.3, -0.25) is 19.8 Å². The number of aliphatic hydroxyl groups is 1. The van der Waals surface area contributed by atoms with Gasteiger partial charge in [0.2, 0.25) is 0 Å². The molecule has 0 bridgehead atoms. The maximum atomic E-state index is 14.1. The first kappa shape index (κ1) is 23.7. The van der Waals surface area contributed by atoms with Gasteiger partial charge in [0, 0.05) is 43.5 Å². The number of carbonyl (C=O) groups excluding carboxylic acids is 2. The lowest BCUT2D eigenvalue weighted by molar-refractivity contribution is 0.0213. The van der Waals surface area contributed by atoms with E-state index in [1.54, 1.807) is 24.4 Å². The van der Waals surface area contributed by atoms with Crippen LogP contribution in [0.25, 0.3) is 0 Å². The molecule has 0 saturated carbocycles. The van der Waals surface area contributed by atoms with Crippen LogP contribution in [-0.2, 0) is 12.1 Å². The molecular formula is C25H35N7O3. The standard InChI is InChI=1S/C25H35N7O3/c1-5-15(2)20-14-30-12-17(33)10-16(30)11-31(20)24(35)32-13-18-21(25(32,3)4)28-29-22(18)27-23(34)19-8-6-7-9-26-19/h6-9,15-17,20,33H,5,10-14H2,1-4H3,(H2,27,28,29,34)/t15-,16-,17+,20?/m0/s1. The average molecular weight is 482 g/mol. The first-order valence-corrected chi connectivity index (χ1v) is 12.5. The van der Waals surface area contributed by atoms with Crippen molar-refractivity contribution >= 4 is 17.8 Å². The molecule has 1 unspecified atom stereocenters. The predicted molar refractivity (Wildman–Crippen MR) is 131 cm³/mol. The number of urea groups is 1. The van der Waals surface area contributed by atoms with E-state index in [-0.39, 0.29) is 30.1 Å². The fourth-order valence-electron chi connectivity index (χ4n) is 5.80. The smallest absolute Gasteiger partial charge is 0.321 e. The van der Waals surface area contributed by atoms with Gasteiger partial charge in [0.05, 0.1) is 23.9 Å². The number of nitrogens with zero attached hydrogens (tertiary/aromatic N) is 5. The van der Waals surface area contributed by atoms with E-state index in [0.29, 0.717) is 43.5 Å². The minimum absolute atomic E-state index is 0.00653. The Balaban J connectivity index is 1.38. The van der Waals surface area contributed by atoms with Gasteiger partial charge in [-0.1, -0.05) is 26.3 Å².